The zero-order valence-electron chi connectivity index (χ0n) is 15.1. The van der Waals surface area contributed by atoms with Crippen LogP contribution in [0.2, 0.25) is 0 Å². The highest BCUT2D eigenvalue weighted by atomic mass is 32.2. The summed E-state index contributed by atoms with van der Waals surface area (Å²) in [6.07, 6.45) is 1.80. The first kappa shape index (κ1) is 18.9. The molecule has 0 saturated carbocycles. The van der Waals surface area contributed by atoms with Gasteiger partial charge in [-0.15, -0.1) is 10.2 Å². The fourth-order valence-electron chi connectivity index (χ4n) is 2.67. The second-order valence-corrected chi connectivity index (χ2v) is 6.91. The van der Waals surface area contributed by atoms with E-state index in [0.29, 0.717) is 28.4 Å². The molecule has 0 unspecified atom stereocenters. The van der Waals surface area contributed by atoms with Crippen LogP contribution < -0.4 is 16.4 Å². The summed E-state index contributed by atoms with van der Waals surface area (Å²) < 4.78 is 3.42. The lowest BCUT2D eigenvalue weighted by atomic mass is 10.2. The van der Waals surface area contributed by atoms with Gasteiger partial charge in [0.2, 0.25) is 17.6 Å². The highest BCUT2D eigenvalue weighted by molar-refractivity contribution is 7.99. The minimum atomic E-state index is -0.365. The zero-order valence-corrected chi connectivity index (χ0v) is 15.9. The van der Waals surface area contributed by atoms with Gasteiger partial charge in [0.15, 0.2) is 5.16 Å². The van der Waals surface area contributed by atoms with Crippen LogP contribution in [0.4, 0.5) is 0 Å². The van der Waals surface area contributed by atoms with Gasteiger partial charge in [0.1, 0.15) is 0 Å². The van der Waals surface area contributed by atoms with Gasteiger partial charge in [-0.25, -0.2) is 0 Å². The van der Waals surface area contributed by atoms with Crippen molar-refractivity contribution in [3.8, 4) is 0 Å². The quantitative estimate of drug-likeness (QED) is 0.483. The van der Waals surface area contributed by atoms with Crippen molar-refractivity contribution in [1.29, 1.82) is 0 Å². The standard InChI is InChI=1S/C17H20N6O3S/c1-3-4-9-22-15(26)12-7-5-6-8-13(12)23-16(22)20-21-17(23)27-10-14(25)19-18-11(2)24/h5-8H,3-4,9-10H2,1-2H3,(H,18,24)(H,19,25). The second kappa shape index (κ2) is 8.21. The third-order valence-electron chi connectivity index (χ3n) is 3.92. The van der Waals surface area contributed by atoms with Gasteiger partial charge in [0, 0.05) is 13.5 Å². The minimum absolute atomic E-state index is 0.0451. The lowest BCUT2D eigenvalue weighted by Crippen LogP contribution is -2.41. The van der Waals surface area contributed by atoms with Gasteiger partial charge < -0.3 is 0 Å². The molecule has 2 N–H and O–H groups in total. The first-order valence-electron chi connectivity index (χ1n) is 8.57. The predicted molar refractivity (Wildman–Crippen MR) is 102 cm³/mol. The van der Waals surface area contributed by atoms with E-state index in [1.807, 2.05) is 18.2 Å². The highest BCUT2D eigenvalue weighted by Crippen LogP contribution is 2.21. The average molecular weight is 388 g/mol. The van der Waals surface area contributed by atoms with Crippen molar-refractivity contribution >= 4 is 40.3 Å². The van der Waals surface area contributed by atoms with E-state index in [4.69, 9.17) is 0 Å². The van der Waals surface area contributed by atoms with E-state index in [0.717, 1.165) is 12.8 Å². The number of hydrogen-bond acceptors (Lipinski definition) is 6. The van der Waals surface area contributed by atoms with Crippen LogP contribution in [0.5, 0.6) is 0 Å². The van der Waals surface area contributed by atoms with Crippen molar-refractivity contribution in [3.05, 3.63) is 34.6 Å². The van der Waals surface area contributed by atoms with Crippen LogP contribution in [0, 0.1) is 0 Å². The van der Waals surface area contributed by atoms with E-state index in [9.17, 15) is 14.4 Å². The summed E-state index contributed by atoms with van der Waals surface area (Å²) in [6.45, 7) is 3.92. The maximum atomic E-state index is 12.8. The maximum Gasteiger partial charge on any atom is 0.262 e. The van der Waals surface area contributed by atoms with E-state index in [-0.39, 0.29) is 23.1 Å². The number of aromatic nitrogens is 4. The maximum absolute atomic E-state index is 12.8. The molecule has 10 heteroatoms. The molecule has 0 aliphatic carbocycles. The summed E-state index contributed by atoms with van der Waals surface area (Å²) in [5, 5.41) is 9.44. The highest BCUT2D eigenvalue weighted by Gasteiger charge is 2.17. The topological polar surface area (TPSA) is 110 Å². The predicted octanol–water partition coefficient (Wildman–Crippen LogP) is 1.10. The third kappa shape index (κ3) is 3.95. The largest absolute Gasteiger partial charge is 0.276 e. The Labute approximate surface area is 159 Å². The van der Waals surface area contributed by atoms with E-state index >= 15 is 0 Å². The number of carbonyl (C=O) groups excluding carboxylic acids is 2. The molecule has 27 heavy (non-hydrogen) atoms. The molecule has 142 valence electrons. The number of amides is 2. The summed E-state index contributed by atoms with van der Waals surface area (Å²) >= 11 is 1.18. The Morgan fingerprint density at radius 2 is 1.96 bits per heavy atom. The van der Waals surface area contributed by atoms with Crippen LogP contribution in [-0.2, 0) is 16.1 Å². The number of para-hydroxylation sites is 1. The smallest absolute Gasteiger partial charge is 0.262 e. The molecular weight excluding hydrogens is 368 g/mol. The number of hydrogen-bond donors (Lipinski definition) is 2. The first-order chi connectivity index (χ1) is 13.0. The molecule has 0 spiro atoms. The number of hydrazine groups is 1. The Morgan fingerprint density at radius 3 is 2.70 bits per heavy atom. The molecule has 9 nitrogen and oxygen atoms in total. The number of thioether (sulfide) groups is 1. The van der Waals surface area contributed by atoms with Crippen molar-refractivity contribution in [1.82, 2.24) is 30.0 Å². The molecule has 2 aromatic heterocycles. The Hall–Kier alpha value is -2.88. The summed E-state index contributed by atoms with van der Waals surface area (Å²) in [6, 6.07) is 7.27. The fraction of sp³-hybridized carbons (Fsp3) is 0.353. The average Bonchev–Trinajstić information content (AvgIpc) is 3.08. The molecule has 0 atom stereocenters. The molecular formula is C17H20N6O3S. The monoisotopic (exact) mass is 388 g/mol. The number of unbranched alkanes of at least 4 members (excludes halogenated alkanes) is 1. The number of nitrogens with zero attached hydrogens (tertiary/aromatic N) is 4. The summed E-state index contributed by atoms with van der Waals surface area (Å²) in [7, 11) is 0. The molecule has 0 aliphatic heterocycles. The SMILES string of the molecule is CCCCn1c(=O)c2ccccc2n2c(SCC(=O)NNC(C)=O)nnc12. The Kier molecular flexibility index (Phi) is 5.75. The minimum Gasteiger partial charge on any atom is -0.276 e. The molecule has 2 heterocycles. The molecule has 3 rings (SSSR count). The van der Waals surface area contributed by atoms with Crippen molar-refractivity contribution in [2.24, 2.45) is 0 Å². The lowest BCUT2D eigenvalue weighted by molar-refractivity contribution is -0.126. The van der Waals surface area contributed by atoms with Crippen LogP contribution in [-0.4, -0.2) is 36.7 Å². The molecule has 0 saturated heterocycles. The van der Waals surface area contributed by atoms with E-state index in [1.54, 1.807) is 15.0 Å². The number of benzene rings is 1. The molecule has 0 bridgehead atoms. The Bertz CT molecular complexity index is 1060. The lowest BCUT2D eigenvalue weighted by Gasteiger charge is -2.10. The van der Waals surface area contributed by atoms with Crippen molar-refractivity contribution < 1.29 is 9.59 Å². The molecule has 1 aromatic carbocycles. The van der Waals surface area contributed by atoms with Crippen LogP contribution in [0.1, 0.15) is 26.7 Å². The van der Waals surface area contributed by atoms with Crippen LogP contribution in [0.15, 0.2) is 34.2 Å². The van der Waals surface area contributed by atoms with Crippen molar-refractivity contribution in [2.45, 2.75) is 38.4 Å². The summed E-state index contributed by atoms with van der Waals surface area (Å²) in [5.74, 6) is -0.219. The van der Waals surface area contributed by atoms with Gasteiger partial charge >= 0.3 is 0 Å². The molecule has 2 amide bonds. The summed E-state index contributed by atoms with van der Waals surface area (Å²) in [5.41, 5.74) is 5.14. The van der Waals surface area contributed by atoms with E-state index in [1.165, 1.54) is 18.7 Å². The molecule has 0 fully saturated rings. The molecule has 0 aliphatic rings. The van der Waals surface area contributed by atoms with E-state index < -0.39 is 0 Å². The second-order valence-electron chi connectivity index (χ2n) is 5.96. The van der Waals surface area contributed by atoms with Gasteiger partial charge in [-0.3, -0.25) is 34.2 Å². The van der Waals surface area contributed by atoms with Gasteiger partial charge in [-0.05, 0) is 18.6 Å². The number of fused-ring (bicyclic) bond motifs is 3. The van der Waals surface area contributed by atoms with Crippen LogP contribution in [0.3, 0.4) is 0 Å². The molecule has 3 aromatic rings. The Morgan fingerprint density at radius 1 is 1.19 bits per heavy atom. The normalized spacial score (nSPS) is 11.0. The van der Waals surface area contributed by atoms with Gasteiger partial charge in [-0.1, -0.05) is 37.2 Å². The number of rotatable bonds is 6. The van der Waals surface area contributed by atoms with Crippen LogP contribution >= 0.6 is 11.8 Å². The molecule has 0 radical (unpaired) electrons. The van der Waals surface area contributed by atoms with E-state index in [2.05, 4.69) is 28.0 Å². The fourth-order valence-corrected chi connectivity index (χ4v) is 3.41. The number of nitrogens with one attached hydrogen (secondary N) is 2. The van der Waals surface area contributed by atoms with Crippen LogP contribution in [0.25, 0.3) is 16.7 Å². The zero-order chi connectivity index (χ0) is 19.4. The Balaban J connectivity index is 2.00. The third-order valence-corrected chi connectivity index (χ3v) is 4.85. The first-order valence-corrected chi connectivity index (χ1v) is 9.56. The van der Waals surface area contributed by atoms with Crippen molar-refractivity contribution in [3.63, 3.8) is 0 Å². The van der Waals surface area contributed by atoms with Gasteiger partial charge in [-0.2, -0.15) is 0 Å². The van der Waals surface area contributed by atoms with Gasteiger partial charge in [0.25, 0.3) is 5.56 Å². The van der Waals surface area contributed by atoms with Gasteiger partial charge in [0.05, 0.1) is 16.7 Å². The number of carbonyl (C=O) groups is 2. The van der Waals surface area contributed by atoms with Crippen molar-refractivity contribution in [2.75, 3.05) is 5.75 Å². The number of aryl methyl sites for hydroxylation is 1. The summed E-state index contributed by atoms with van der Waals surface area (Å²) in [4.78, 5) is 35.6.